The number of piperidine rings is 1. The second-order valence-electron chi connectivity index (χ2n) is 6.24. The highest BCUT2D eigenvalue weighted by Gasteiger charge is 2.19. The second kappa shape index (κ2) is 7.47. The molecule has 0 aromatic heterocycles. The lowest BCUT2D eigenvalue weighted by molar-refractivity contribution is -0.119. The molecule has 0 atom stereocenters. The van der Waals surface area contributed by atoms with Gasteiger partial charge in [0.15, 0.2) is 5.78 Å². The first-order valence-corrected chi connectivity index (χ1v) is 8.49. The van der Waals surface area contributed by atoms with Gasteiger partial charge in [-0.15, -0.1) is 0 Å². The highest BCUT2D eigenvalue weighted by atomic mass is 19.1. The van der Waals surface area contributed by atoms with Crippen LogP contribution >= 0.6 is 0 Å². The summed E-state index contributed by atoms with van der Waals surface area (Å²) in [5.74, 6) is -0.654. The molecule has 25 heavy (non-hydrogen) atoms. The second-order valence-corrected chi connectivity index (χ2v) is 6.24. The van der Waals surface area contributed by atoms with Crippen LogP contribution in [0.15, 0.2) is 42.5 Å². The van der Waals surface area contributed by atoms with Crippen LogP contribution in [0, 0.1) is 5.82 Å². The third-order valence-corrected chi connectivity index (χ3v) is 4.42. The van der Waals surface area contributed by atoms with Gasteiger partial charge in [0.25, 0.3) is 0 Å². The summed E-state index contributed by atoms with van der Waals surface area (Å²) in [7, 11) is 0. The zero-order valence-electron chi connectivity index (χ0n) is 14.2. The quantitative estimate of drug-likeness (QED) is 0.832. The van der Waals surface area contributed by atoms with Crippen molar-refractivity contribution in [3.8, 4) is 0 Å². The Morgan fingerprint density at radius 2 is 1.92 bits per heavy atom. The zero-order valence-corrected chi connectivity index (χ0v) is 14.2. The SMILES string of the molecule is CC(=O)c1c(F)cccc1NCc1ccc(N2CCCCC2=O)cc1. The Morgan fingerprint density at radius 3 is 2.60 bits per heavy atom. The number of ketones is 1. The molecule has 0 spiro atoms. The van der Waals surface area contributed by atoms with Gasteiger partial charge in [-0.3, -0.25) is 9.59 Å². The number of nitrogens with one attached hydrogen (secondary N) is 1. The maximum Gasteiger partial charge on any atom is 0.226 e. The van der Waals surface area contributed by atoms with Crippen LogP contribution in [0.5, 0.6) is 0 Å². The monoisotopic (exact) mass is 340 g/mol. The molecular weight excluding hydrogens is 319 g/mol. The van der Waals surface area contributed by atoms with Gasteiger partial charge in [-0.1, -0.05) is 18.2 Å². The van der Waals surface area contributed by atoms with E-state index in [4.69, 9.17) is 0 Å². The third-order valence-electron chi connectivity index (χ3n) is 4.42. The van der Waals surface area contributed by atoms with Gasteiger partial charge in [-0.2, -0.15) is 0 Å². The summed E-state index contributed by atoms with van der Waals surface area (Å²) in [6.07, 6.45) is 2.60. The normalized spacial score (nSPS) is 14.5. The van der Waals surface area contributed by atoms with E-state index in [9.17, 15) is 14.0 Å². The van der Waals surface area contributed by atoms with Crippen molar-refractivity contribution in [1.29, 1.82) is 0 Å². The van der Waals surface area contributed by atoms with Gasteiger partial charge in [0.2, 0.25) is 5.91 Å². The Bertz CT molecular complexity index is 787. The summed E-state index contributed by atoms with van der Waals surface area (Å²) >= 11 is 0. The van der Waals surface area contributed by atoms with E-state index in [1.807, 2.05) is 29.2 Å². The molecule has 2 aromatic carbocycles. The number of Topliss-reactive ketones (excluding diaryl/α,β-unsaturated/α-hetero) is 1. The minimum atomic E-state index is -0.517. The minimum absolute atomic E-state index is 0.0815. The maximum absolute atomic E-state index is 13.8. The molecule has 0 aliphatic carbocycles. The van der Waals surface area contributed by atoms with Crippen molar-refractivity contribution in [2.75, 3.05) is 16.8 Å². The fourth-order valence-corrected chi connectivity index (χ4v) is 3.10. The van der Waals surface area contributed by atoms with Crippen molar-refractivity contribution >= 4 is 23.1 Å². The van der Waals surface area contributed by atoms with Crippen LogP contribution in [-0.2, 0) is 11.3 Å². The van der Waals surface area contributed by atoms with Crippen molar-refractivity contribution in [2.45, 2.75) is 32.7 Å². The number of carbonyl (C=O) groups excluding carboxylic acids is 2. The average Bonchev–Trinajstić information content (AvgIpc) is 2.60. The first-order chi connectivity index (χ1) is 12.1. The smallest absolute Gasteiger partial charge is 0.226 e. The summed E-state index contributed by atoms with van der Waals surface area (Å²) in [6, 6.07) is 12.3. The molecule has 2 aromatic rings. The summed E-state index contributed by atoms with van der Waals surface area (Å²) in [5, 5.41) is 3.12. The number of benzene rings is 2. The van der Waals surface area contributed by atoms with Gasteiger partial charge in [0.05, 0.1) is 5.56 Å². The molecule has 1 aliphatic rings. The Morgan fingerprint density at radius 1 is 1.16 bits per heavy atom. The number of hydrogen-bond acceptors (Lipinski definition) is 3. The van der Waals surface area contributed by atoms with Crippen LogP contribution in [0.3, 0.4) is 0 Å². The molecule has 4 nitrogen and oxygen atoms in total. The van der Waals surface area contributed by atoms with Gasteiger partial charge in [0.1, 0.15) is 5.82 Å². The molecule has 1 saturated heterocycles. The average molecular weight is 340 g/mol. The van der Waals surface area contributed by atoms with Crippen LogP contribution in [0.4, 0.5) is 15.8 Å². The summed E-state index contributed by atoms with van der Waals surface area (Å²) in [6.45, 7) is 2.59. The molecule has 1 aliphatic heterocycles. The van der Waals surface area contributed by atoms with E-state index in [1.54, 1.807) is 12.1 Å². The van der Waals surface area contributed by atoms with Crippen molar-refractivity contribution in [3.63, 3.8) is 0 Å². The Labute approximate surface area is 146 Å². The summed E-state index contributed by atoms with van der Waals surface area (Å²) < 4.78 is 13.8. The number of halogens is 1. The molecule has 130 valence electrons. The lowest BCUT2D eigenvalue weighted by atomic mass is 10.1. The highest BCUT2D eigenvalue weighted by Crippen LogP contribution is 2.23. The van der Waals surface area contributed by atoms with E-state index in [1.165, 1.54) is 13.0 Å². The van der Waals surface area contributed by atoms with Crippen molar-refractivity contribution in [2.24, 2.45) is 0 Å². The lowest BCUT2D eigenvalue weighted by Crippen LogP contribution is -2.35. The molecule has 5 heteroatoms. The van der Waals surface area contributed by atoms with Crippen LogP contribution < -0.4 is 10.2 Å². The summed E-state index contributed by atoms with van der Waals surface area (Å²) in [5.41, 5.74) is 2.47. The van der Waals surface area contributed by atoms with Crippen molar-refractivity contribution < 1.29 is 14.0 Å². The summed E-state index contributed by atoms with van der Waals surface area (Å²) in [4.78, 5) is 25.4. The third kappa shape index (κ3) is 3.87. The molecule has 0 radical (unpaired) electrons. The first-order valence-electron chi connectivity index (χ1n) is 8.49. The molecule has 1 heterocycles. The Kier molecular flexibility index (Phi) is 5.12. The predicted molar refractivity (Wildman–Crippen MR) is 96.4 cm³/mol. The number of amides is 1. The number of anilines is 2. The number of hydrogen-bond donors (Lipinski definition) is 1. The van der Waals surface area contributed by atoms with Crippen molar-refractivity contribution in [1.82, 2.24) is 0 Å². The number of nitrogens with zero attached hydrogens (tertiary/aromatic N) is 1. The molecule has 1 N–H and O–H groups in total. The van der Waals surface area contributed by atoms with Crippen LogP contribution in [0.1, 0.15) is 42.1 Å². The molecule has 0 bridgehead atoms. The molecule has 3 rings (SSSR count). The molecule has 1 amide bonds. The molecule has 0 saturated carbocycles. The molecular formula is C20H21FN2O2. The molecule has 1 fully saturated rings. The predicted octanol–water partition coefficient (Wildman–Crippen LogP) is 4.16. The lowest BCUT2D eigenvalue weighted by Gasteiger charge is -2.26. The van der Waals surface area contributed by atoms with Gasteiger partial charge >= 0.3 is 0 Å². The van der Waals surface area contributed by atoms with Gasteiger partial charge in [-0.05, 0) is 49.6 Å². The largest absolute Gasteiger partial charge is 0.380 e. The van der Waals surface area contributed by atoms with Crippen molar-refractivity contribution in [3.05, 3.63) is 59.4 Å². The van der Waals surface area contributed by atoms with Crippen LogP contribution in [-0.4, -0.2) is 18.2 Å². The fourth-order valence-electron chi connectivity index (χ4n) is 3.10. The van der Waals surface area contributed by atoms with E-state index < -0.39 is 5.82 Å². The zero-order chi connectivity index (χ0) is 17.8. The van der Waals surface area contributed by atoms with E-state index in [0.29, 0.717) is 18.7 Å². The van der Waals surface area contributed by atoms with E-state index in [-0.39, 0.29) is 17.3 Å². The maximum atomic E-state index is 13.8. The Hall–Kier alpha value is -2.69. The van der Waals surface area contributed by atoms with Gasteiger partial charge in [-0.25, -0.2) is 4.39 Å². The standard InChI is InChI=1S/C20H21FN2O2/c1-14(24)20-17(21)5-4-6-18(20)22-13-15-8-10-16(11-9-15)23-12-3-2-7-19(23)25/h4-6,8-11,22H,2-3,7,12-13H2,1H3. The van der Waals surface area contributed by atoms with Gasteiger partial charge in [0, 0.05) is 30.9 Å². The number of rotatable bonds is 5. The van der Waals surface area contributed by atoms with Gasteiger partial charge < -0.3 is 10.2 Å². The van der Waals surface area contributed by atoms with E-state index in [2.05, 4.69) is 5.32 Å². The first kappa shape index (κ1) is 17.1. The van der Waals surface area contributed by atoms with E-state index >= 15 is 0 Å². The molecule has 0 unspecified atom stereocenters. The van der Waals surface area contributed by atoms with Crippen LogP contribution in [0.2, 0.25) is 0 Å². The number of carbonyl (C=O) groups is 2. The van der Waals surface area contributed by atoms with Crippen LogP contribution in [0.25, 0.3) is 0 Å². The Balaban J connectivity index is 1.70. The fraction of sp³-hybridized carbons (Fsp3) is 0.300. The van der Waals surface area contributed by atoms with E-state index in [0.717, 1.165) is 30.6 Å². The minimum Gasteiger partial charge on any atom is -0.380 e. The highest BCUT2D eigenvalue weighted by molar-refractivity contribution is 5.99. The topological polar surface area (TPSA) is 49.4 Å².